The van der Waals surface area contributed by atoms with Crippen LogP contribution in [0.25, 0.3) is 0 Å². The second kappa shape index (κ2) is 22.1. The first-order chi connectivity index (χ1) is 13.9. The Morgan fingerprint density at radius 2 is 1.03 bits per heavy atom. The average Bonchev–Trinajstić information content (AvgIpc) is 2.65. The van der Waals surface area contributed by atoms with Crippen LogP contribution in [0.15, 0.2) is 0 Å². The van der Waals surface area contributed by atoms with E-state index in [1.807, 2.05) is 4.72 Å². The van der Waals surface area contributed by atoms with Gasteiger partial charge in [-0.05, 0) is 6.42 Å². The number of hydrogen-bond acceptors (Lipinski definition) is 4. The van der Waals surface area contributed by atoms with Gasteiger partial charge in [0.1, 0.15) is 0 Å². The van der Waals surface area contributed by atoms with Crippen molar-refractivity contribution in [2.45, 2.75) is 122 Å². The molecule has 0 aromatic heterocycles. The van der Waals surface area contributed by atoms with Crippen molar-refractivity contribution < 1.29 is 18.0 Å². The Hall–Kier alpha value is -0.110. The summed E-state index contributed by atoms with van der Waals surface area (Å²) in [6.45, 7) is 2.25. The molecule has 0 saturated carbocycles. The zero-order valence-electron chi connectivity index (χ0n) is 18.6. The van der Waals surface area contributed by atoms with Crippen LogP contribution >= 0.6 is 0 Å². The zero-order valence-corrected chi connectivity index (χ0v) is 19.4. The van der Waals surface area contributed by atoms with Crippen molar-refractivity contribution in [2.24, 2.45) is 5.73 Å². The molecule has 0 rings (SSSR count). The molecule has 0 aliphatic rings. The van der Waals surface area contributed by atoms with Gasteiger partial charge >= 0.3 is 29.6 Å². The van der Waals surface area contributed by atoms with E-state index in [1.54, 1.807) is 0 Å². The number of sulfonamides is 1. The van der Waals surface area contributed by atoms with Gasteiger partial charge in [-0.3, -0.25) is 14.3 Å². The standard InChI is InChI=1S/C22H44N2O4S.Na.H/c1-2-3-4-5-6-7-8-9-10-11-12-13-14-15-16-17-20-29(27,28)24-22(26)19-18-21(23)25;;/h2-20H2,1H3,(H2,23,25)(H,24,26);;. The van der Waals surface area contributed by atoms with Crippen LogP contribution in [-0.4, -0.2) is 55.5 Å². The number of amides is 2. The molecule has 0 bridgehead atoms. The number of hydrogen-bond donors (Lipinski definition) is 2. The van der Waals surface area contributed by atoms with Gasteiger partial charge in [0.2, 0.25) is 21.8 Å². The molecule has 0 aromatic rings. The van der Waals surface area contributed by atoms with Crippen molar-refractivity contribution in [3.05, 3.63) is 0 Å². The monoisotopic (exact) mass is 456 g/mol. The van der Waals surface area contributed by atoms with Gasteiger partial charge in [0.25, 0.3) is 0 Å². The normalized spacial score (nSPS) is 11.1. The quantitative estimate of drug-likeness (QED) is 0.198. The fraction of sp³-hybridized carbons (Fsp3) is 0.909. The van der Waals surface area contributed by atoms with E-state index in [-0.39, 0.29) is 48.2 Å². The van der Waals surface area contributed by atoms with E-state index in [1.165, 1.54) is 77.0 Å². The molecule has 8 heteroatoms. The van der Waals surface area contributed by atoms with E-state index in [9.17, 15) is 18.0 Å². The molecule has 0 saturated heterocycles. The average molecular weight is 457 g/mol. The van der Waals surface area contributed by atoms with E-state index in [0.717, 1.165) is 19.3 Å². The van der Waals surface area contributed by atoms with E-state index in [0.29, 0.717) is 6.42 Å². The molecule has 0 unspecified atom stereocenters. The Labute approximate surface area is 207 Å². The Balaban J connectivity index is 0. The third-order valence-corrected chi connectivity index (χ3v) is 6.50. The number of nitrogens with one attached hydrogen (secondary N) is 1. The summed E-state index contributed by atoms with van der Waals surface area (Å²) in [5.41, 5.74) is 4.94. The molecule has 0 atom stereocenters. The molecule has 0 radical (unpaired) electrons. The first kappa shape index (κ1) is 32.1. The summed E-state index contributed by atoms with van der Waals surface area (Å²) in [4.78, 5) is 22.0. The van der Waals surface area contributed by atoms with Gasteiger partial charge in [-0.15, -0.1) is 0 Å². The molecular weight excluding hydrogens is 411 g/mol. The van der Waals surface area contributed by atoms with Crippen molar-refractivity contribution in [1.82, 2.24) is 4.72 Å². The van der Waals surface area contributed by atoms with Crippen LogP contribution < -0.4 is 10.5 Å². The van der Waals surface area contributed by atoms with Gasteiger partial charge in [0, 0.05) is 12.8 Å². The molecule has 2 amide bonds. The Morgan fingerprint density at radius 3 is 1.40 bits per heavy atom. The molecular formula is C22H45N2NaO4S. The van der Waals surface area contributed by atoms with Crippen molar-refractivity contribution >= 4 is 51.4 Å². The van der Waals surface area contributed by atoms with Crippen molar-refractivity contribution in [1.29, 1.82) is 0 Å². The summed E-state index contributed by atoms with van der Waals surface area (Å²) in [7, 11) is -3.60. The molecule has 6 nitrogen and oxygen atoms in total. The Morgan fingerprint density at radius 1 is 0.667 bits per heavy atom. The second-order valence-electron chi connectivity index (χ2n) is 8.11. The number of unbranched alkanes of at least 4 members (excludes halogenated alkanes) is 15. The Bertz CT molecular complexity index is 527. The summed E-state index contributed by atoms with van der Waals surface area (Å²) >= 11 is 0. The maximum atomic E-state index is 11.8. The summed E-state index contributed by atoms with van der Waals surface area (Å²) in [6, 6.07) is 0. The molecule has 0 aliphatic heterocycles. The van der Waals surface area contributed by atoms with E-state index in [4.69, 9.17) is 5.73 Å². The van der Waals surface area contributed by atoms with E-state index >= 15 is 0 Å². The van der Waals surface area contributed by atoms with E-state index in [2.05, 4.69) is 6.92 Å². The molecule has 0 spiro atoms. The molecule has 174 valence electrons. The van der Waals surface area contributed by atoms with Crippen LogP contribution in [0.3, 0.4) is 0 Å². The number of carbonyl (C=O) groups is 2. The number of primary amides is 1. The third-order valence-electron chi connectivity index (χ3n) is 5.13. The topological polar surface area (TPSA) is 106 Å². The predicted octanol–water partition coefficient (Wildman–Crippen LogP) is 4.31. The van der Waals surface area contributed by atoms with Crippen LogP contribution in [0, 0.1) is 0 Å². The Kier molecular flexibility index (Phi) is 23.6. The van der Waals surface area contributed by atoms with Crippen LogP contribution in [0.4, 0.5) is 0 Å². The summed E-state index contributed by atoms with van der Waals surface area (Å²) < 4.78 is 25.6. The molecule has 0 heterocycles. The number of rotatable bonds is 21. The zero-order chi connectivity index (χ0) is 21.8. The second-order valence-corrected chi connectivity index (χ2v) is 9.96. The van der Waals surface area contributed by atoms with Crippen LogP contribution in [0.5, 0.6) is 0 Å². The third kappa shape index (κ3) is 24.2. The van der Waals surface area contributed by atoms with Gasteiger partial charge in [0.15, 0.2) is 0 Å². The van der Waals surface area contributed by atoms with Crippen molar-refractivity contribution in [3.63, 3.8) is 0 Å². The fourth-order valence-electron chi connectivity index (χ4n) is 3.35. The number of nitrogens with two attached hydrogens (primary N) is 1. The SMILES string of the molecule is CCCCCCCCCCCCCCCCCCS(=O)(=O)NC(=O)CCC(N)=O.[NaH]. The minimum absolute atomic E-state index is 0. The molecule has 0 aromatic carbocycles. The van der Waals surface area contributed by atoms with Gasteiger partial charge in [-0.2, -0.15) is 0 Å². The van der Waals surface area contributed by atoms with Gasteiger partial charge in [-0.25, -0.2) is 8.42 Å². The first-order valence-electron chi connectivity index (χ1n) is 11.7. The van der Waals surface area contributed by atoms with Crippen LogP contribution in [0.1, 0.15) is 122 Å². The summed E-state index contributed by atoms with van der Waals surface area (Å²) in [5, 5.41) is 0. The van der Waals surface area contributed by atoms with Gasteiger partial charge < -0.3 is 5.73 Å². The fourth-order valence-corrected chi connectivity index (χ4v) is 4.49. The van der Waals surface area contributed by atoms with E-state index < -0.39 is 21.8 Å². The van der Waals surface area contributed by atoms with Gasteiger partial charge in [0.05, 0.1) is 5.75 Å². The van der Waals surface area contributed by atoms with Crippen LogP contribution in [-0.2, 0) is 19.6 Å². The van der Waals surface area contributed by atoms with Gasteiger partial charge in [-0.1, -0.05) is 103 Å². The van der Waals surface area contributed by atoms with Crippen LogP contribution in [0.2, 0.25) is 0 Å². The minimum atomic E-state index is -3.60. The molecule has 3 N–H and O–H groups in total. The molecule has 30 heavy (non-hydrogen) atoms. The number of carbonyl (C=O) groups excluding carboxylic acids is 2. The molecule has 0 fully saturated rings. The summed E-state index contributed by atoms with van der Waals surface area (Å²) in [5.74, 6) is -1.33. The first-order valence-corrected chi connectivity index (χ1v) is 13.3. The van der Waals surface area contributed by atoms with Crippen molar-refractivity contribution in [2.75, 3.05) is 5.75 Å². The maximum absolute atomic E-state index is 11.8. The predicted molar refractivity (Wildman–Crippen MR) is 127 cm³/mol. The molecule has 0 aliphatic carbocycles. The van der Waals surface area contributed by atoms with Crippen molar-refractivity contribution in [3.8, 4) is 0 Å². The summed E-state index contributed by atoms with van der Waals surface area (Å²) in [6.07, 6.45) is 19.4.